The van der Waals surface area contributed by atoms with E-state index in [1.165, 1.54) is 31.4 Å². The summed E-state index contributed by atoms with van der Waals surface area (Å²) in [5.74, 6) is -0.596. The first kappa shape index (κ1) is 19.5. The quantitative estimate of drug-likeness (QED) is 0.629. The summed E-state index contributed by atoms with van der Waals surface area (Å²) in [6.07, 6.45) is -1.99. The first-order valence-corrected chi connectivity index (χ1v) is 8.66. The summed E-state index contributed by atoms with van der Waals surface area (Å²) in [5, 5.41) is 0. The van der Waals surface area contributed by atoms with Crippen molar-refractivity contribution in [2.24, 2.45) is 0 Å². The van der Waals surface area contributed by atoms with Crippen molar-refractivity contribution in [3.05, 3.63) is 65.7 Å². The molecule has 0 fully saturated rings. The summed E-state index contributed by atoms with van der Waals surface area (Å²) in [5.41, 5.74) is -0.449. The molecule has 0 aliphatic carbocycles. The number of hydrogen-bond acceptors (Lipinski definition) is 4. The fraction of sp³-hybridized carbons (Fsp3) is 0.118. The third kappa shape index (κ3) is 5.09. The summed E-state index contributed by atoms with van der Waals surface area (Å²) in [6.45, 7) is 0. The van der Waals surface area contributed by atoms with Crippen molar-refractivity contribution in [3.63, 3.8) is 0 Å². The van der Waals surface area contributed by atoms with E-state index in [9.17, 15) is 26.4 Å². The molecule has 0 amide bonds. The van der Waals surface area contributed by atoms with Gasteiger partial charge in [-0.1, -0.05) is 12.1 Å². The maximum absolute atomic E-state index is 12.5. The number of methoxy groups -OCH3 is 1. The van der Waals surface area contributed by atoms with Gasteiger partial charge >= 0.3 is 12.1 Å². The van der Waals surface area contributed by atoms with E-state index in [-0.39, 0.29) is 10.6 Å². The number of rotatable bonds is 5. The number of nitrogens with one attached hydrogen (secondary N) is 1. The number of anilines is 1. The highest BCUT2D eigenvalue weighted by Crippen LogP contribution is 2.30. The molecule has 0 unspecified atom stereocenters. The van der Waals surface area contributed by atoms with Crippen molar-refractivity contribution >= 4 is 27.8 Å². The van der Waals surface area contributed by atoms with Crippen molar-refractivity contribution in [2.75, 3.05) is 11.8 Å². The van der Waals surface area contributed by atoms with E-state index in [0.29, 0.717) is 5.56 Å². The zero-order chi connectivity index (χ0) is 19.4. The molecule has 138 valence electrons. The molecule has 2 rings (SSSR count). The predicted octanol–water partition coefficient (Wildman–Crippen LogP) is 3.69. The van der Waals surface area contributed by atoms with Crippen LogP contribution in [0.2, 0.25) is 0 Å². The van der Waals surface area contributed by atoms with E-state index in [2.05, 4.69) is 9.46 Å². The summed E-state index contributed by atoms with van der Waals surface area (Å²) in [7, 11) is -2.80. The van der Waals surface area contributed by atoms with Crippen LogP contribution in [0.5, 0.6) is 0 Å². The first-order chi connectivity index (χ1) is 12.1. The van der Waals surface area contributed by atoms with Gasteiger partial charge in [0, 0.05) is 11.8 Å². The molecule has 0 atom stereocenters. The molecule has 2 aromatic carbocycles. The van der Waals surface area contributed by atoms with Gasteiger partial charge in [-0.25, -0.2) is 13.2 Å². The van der Waals surface area contributed by atoms with Gasteiger partial charge in [-0.3, -0.25) is 4.72 Å². The number of hydrogen-bond donors (Lipinski definition) is 1. The van der Waals surface area contributed by atoms with Gasteiger partial charge in [0.2, 0.25) is 0 Å². The summed E-state index contributed by atoms with van der Waals surface area (Å²) in [4.78, 5) is 11.0. The normalized spacial score (nSPS) is 12.2. The van der Waals surface area contributed by atoms with E-state index >= 15 is 0 Å². The standard InChI is InChI=1S/C17H14F3NO4S/c1-25-16(22)10-5-12-3-2-4-15(11-12)26(23,24)21-14-8-6-13(7-9-14)17(18,19)20/h2-11,21H,1H3/b10-5+. The van der Waals surface area contributed by atoms with Gasteiger partial charge in [-0.05, 0) is 48.0 Å². The van der Waals surface area contributed by atoms with Crippen LogP contribution in [-0.4, -0.2) is 21.5 Å². The van der Waals surface area contributed by atoms with Crippen molar-refractivity contribution in [1.29, 1.82) is 0 Å². The fourth-order valence-electron chi connectivity index (χ4n) is 1.96. The van der Waals surface area contributed by atoms with E-state index in [1.807, 2.05) is 0 Å². The van der Waals surface area contributed by atoms with E-state index < -0.39 is 27.7 Å². The Morgan fingerprint density at radius 2 is 1.77 bits per heavy atom. The molecular weight excluding hydrogens is 371 g/mol. The topological polar surface area (TPSA) is 72.5 Å². The molecule has 2 aromatic rings. The molecule has 5 nitrogen and oxygen atoms in total. The zero-order valence-electron chi connectivity index (χ0n) is 13.4. The van der Waals surface area contributed by atoms with Crippen LogP contribution in [0.3, 0.4) is 0 Å². The van der Waals surface area contributed by atoms with Crippen LogP contribution >= 0.6 is 0 Å². The van der Waals surface area contributed by atoms with Crippen LogP contribution in [0.25, 0.3) is 6.08 Å². The maximum atomic E-state index is 12.5. The number of sulfonamides is 1. The van der Waals surface area contributed by atoms with Gasteiger partial charge in [-0.15, -0.1) is 0 Å². The smallest absolute Gasteiger partial charge is 0.416 e. The summed E-state index contributed by atoms with van der Waals surface area (Å²) >= 11 is 0. The lowest BCUT2D eigenvalue weighted by Gasteiger charge is -2.10. The average molecular weight is 385 g/mol. The lowest BCUT2D eigenvalue weighted by molar-refractivity contribution is -0.137. The minimum atomic E-state index is -4.50. The molecule has 0 aliphatic rings. The Morgan fingerprint density at radius 3 is 2.35 bits per heavy atom. The van der Waals surface area contributed by atoms with Crippen molar-refractivity contribution < 1.29 is 31.1 Å². The number of halogens is 3. The number of carbonyl (C=O) groups excluding carboxylic acids is 1. The number of esters is 1. The Balaban J connectivity index is 2.22. The molecule has 1 N–H and O–H groups in total. The minimum absolute atomic E-state index is 0.00601. The first-order valence-electron chi connectivity index (χ1n) is 7.18. The second-order valence-electron chi connectivity index (χ2n) is 5.11. The highest BCUT2D eigenvalue weighted by Gasteiger charge is 2.30. The molecule has 0 heterocycles. The highest BCUT2D eigenvalue weighted by molar-refractivity contribution is 7.92. The second kappa shape index (κ2) is 7.61. The van der Waals surface area contributed by atoms with Crippen LogP contribution in [-0.2, 0) is 25.7 Å². The van der Waals surface area contributed by atoms with Gasteiger partial charge in [0.1, 0.15) is 0 Å². The summed E-state index contributed by atoms with van der Waals surface area (Å²) < 4.78 is 69.0. The number of ether oxygens (including phenoxy) is 1. The van der Waals surface area contributed by atoms with Gasteiger partial charge < -0.3 is 4.74 Å². The zero-order valence-corrected chi connectivity index (χ0v) is 14.3. The molecule has 0 bridgehead atoms. The molecule has 0 radical (unpaired) electrons. The second-order valence-corrected chi connectivity index (χ2v) is 6.79. The molecule has 9 heteroatoms. The summed E-state index contributed by atoms with van der Waals surface area (Å²) in [6, 6.07) is 9.31. The van der Waals surface area contributed by atoms with Gasteiger partial charge in [0.25, 0.3) is 10.0 Å². The van der Waals surface area contributed by atoms with Crippen LogP contribution in [0, 0.1) is 0 Å². The molecule has 0 saturated heterocycles. The largest absolute Gasteiger partial charge is 0.466 e. The number of carbonyl (C=O) groups is 1. The fourth-order valence-corrected chi connectivity index (χ4v) is 3.07. The molecule has 0 aromatic heterocycles. The SMILES string of the molecule is COC(=O)/C=C/c1cccc(S(=O)(=O)Nc2ccc(C(F)(F)F)cc2)c1. The van der Waals surface area contributed by atoms with Crippen molar-refractivity contribution in [1.82, 2.24) is 0 Å². The van der Waals surface area contributed by atoms with E-state index in [1.54, 1.807) is 6.07 Å². The Bertz CT molecular complexity index is 920. The molecule has 0 saturated carbocycles. The molecule has 26 heavy (non-hydrogen) atoms. The average Bonchev–Trinajstić information content (AvgIpc) is 2.59. The lowest BCUT2D eigenvalue weighted by atomic mass is 10.2. The third-order valence-electron chi connectivity index (χ3n) is 3.25. The van der Waals surface area contributed by atoms with Crippen molar-refractivity contribution in [3.8, 4) is 0 Å². The Hall–Kier alpha value is -2.81. The van der Waals surface area contributed by atoms with Crippen LogP contribution in [0.15, 0.2) is 59.5 Å². The van der Waals surface area contributed by atoms with Crippen LogP contribution < -0.4 is 4.72 Å². The predicted molar refractivity (Wildman–Crippen MR) is 89.7 cm³/mol. The third-order valence-corrected chi connectivity index (χ3v) is 4.62. The molecular formula is C17H14F3NO4S. The molecule has 0 spiro atoms. The number of alkyl halides is 3. The highest BCUT2D eigenvalue weighted by atomic mass is 32.2. The Morgan fingerprint density at radius 1 is 1.12 bits per heavy atom. The van der Waals surface area contributed by atoms with Crippen LogP contribution in [0.1, 0.15) is 11.1 Å². The molecule has 0 aliphatic heterocycles. The van der Waals surface area contributed by atoms with E-state index in [0.717, 1.165) is 30.3 Å². The Labute approximate surface area is 148 Å². The Kier molecular flexibility index (Phi) is 5.71. The number of benzene rings is 2. The maximum Gasteiger partial charge on any atom is 0.416 e. The van der Waals surface area contributed by atoms with Crippen LogP contribution in [0.4, 0.5) is 18.9 Å². The van der Waals surface area contributed by atoms with E-state index in [4.69, 9.17) is 0 Å². The van der Waals surface area contributed by atoms with Crippen molar-refractivity contribution in [2.45, 2.75) is 11.1 Å². The monoisotopic (exact) mass is 385 g/mol. The van der Waals surface area contributed by atoms with Gasteiger partial charge in [0.15, 0.2) is 0 Å². The van der Waals surface area contributed by atoms with Gasteiger partial charge in [-0.2, -0.15) is 13.2 Å². The van der Waals surface area contributed by atoms with Gasteiger partial charge in [0.05, 0.1) is 17.6 Å². The minimum Gasteiger partial charge on any atom is -0.466 e. The lowest BCUT2D eigenvalue weighted by Crippen LogP contribution is -2.13.